The molecule has 3 heterocycles. The van der Waals surface area contributed by atoms with Gasteiger partial charge in [0, 0.05) is 46.7 Å². The van der Waals surface area contributed by atoms with Crippen LogP contribution in [-0.2, 0) is 16.6 Å². The van der Waals surface area contributed by atoms with Gasteiger partial charge in [-0.25, -0.2) is 22.2 Å². The second kappa shape index (κ2) is 8.30. The third-order valence-electron chi connectivity index (χ3n) is 5.45. The summed E-state index contributed by atoms with van der Waals surface area (Å²) in [7, 11) is -2.49. The second-order valence-corrected chi connectivity index (χ2v) is 10.5. The second-order valence-electron chi connectivity index (χ2n) is 7.81. The maximum atomic E-state index is 13.9. The molecule has 0 saturated carbocycles. The summed E-state index contributed by atoms with van der Waals surface area (Å²) in [4.78, 5) is 19.2. The Morgan fingerprint density at radius 3 is 2.41 bits per heavy atom. The highest BCUT2D eigenvalue weighted by atomic mass is 32.2. The lowest BCUT2D eigenvalue weighted by molar-refractivity contribution is 0.0816. The number of fused-ring (bicyclic) bond motifs is 1. The number of carbonyl (C=O) groups excluding carboxylic acids is 1. The number of anilines is 1. The average Bonchev–Trinajstić information content (AvgIpc) is 3.39. The van der Waals surface area contributed by atoms with E-state index >= 15 is 0 Å². The van der Waals surface area contributed by atoms with Crippen LogP contribution in [0.4, 0.5) is 14.6 Å². The molecule has 6 nitrogen and oxygen atoms in total. The number of pyridine rings is 1. The predicted molar refractivity (Wildman–Crippen MR) is 126 cm³/mol. The molecule has 4 aromatic rings. The van der Waals surface area contributed by atoms with Gasteiger partial charge < -0.3 is 4.90 Å². The van der Waals surface area contributed by atoms with Crippen LogP contribution in [0.5, 0.6) is 0 Å². The summed E-state index contributed by atoms with van der Waals surface area (Å²) in [6, 6.07) is 15.2. The molecule has 0 unspecified atom stereocenters. The van der Waals surface area contributed by atoms with Gasteiger partial charge in [0.25, 0.3) is 15.9 Å². The van der Waals surface area contributed by atoms with Crippen molar-refractivity contribution in [2.24, 2.45) is 0 Å². The normalized spacial score (nSPS) is 13.3. The largest absolute Gasteiger partial charge is 0.337 e. The van der Waals surface area contributed by atoms with Crippen molar-refractivity contribution in [3.63, 3.8) is 0 Å². The van der Waals surface area contributed by atoms with Gasteiger partial charge in [0.2, 0.25) is 0 Å². The quantitative estimate of drug-likeness (QED) is 0.414. The number of amides is 1. The molecule has 0 spiro atoms. The first-order valence-electron chi connectivity index (χ1n) is 10.1. The van der Waals surface area contributed by atoms with Gasteiger partial charge >= 0.3 is 0 Å². The predicted octanol–water partition coefficient (Wildman–Crippen LogP) is 5.14. The van der Waals surface area contributed by atoms with E-state index in [2.05, 4.69) is 9.71 Å². The van der Waals surface area contributed by atoms with Crippen molar-refractivity contribution < 1.29 is 22.0 Å². The van der Waals surface area contributed by atoms with Crippen molar-refractivity contribution in [1.29, 1.82) is 0 Å². The number of nitrogens with zero attached hydrogens (tertiary/aromatic N) is 2. The Hall–Kier alpha value is -3.63. The zero-order valence-corrected chi connectivity index (χ0v) is 19.4. The van der Waals surface area contributed by atoms with Gasteiger partial charge in [-0.05, 0) is 59.7 Å². The number of nitrogens with one attached hydrogen (secondary N) is 1. The van der Waals surface area contributed by atoms with E-state index in [0.29, 0.717) is 12.6 Å². The van der Waals surface area contributed by atoms with Crippen molar-refractivity contribution in [2.75, 3.05) is 11.8 Å². The number of halogens is 2. The lowest BCUT2D eigenvalue weighted by atomic mass is 10.1. The summed E-state index contributed by atoms with van der Waals surface area (Å²) in [5, 5.41) is 0. The van der Waals surface area contributed by atoms with Crippen LogP contribution in [-0.4, -0.2) is 31.3 Å². The van der Waals surface area contributed by atoms with Crippen LogP contribution in [0.2, 0.25) is 0 Å². The van der Waals surface area contributed by atoms with E-state index in [1.54, 1.807) is 29.4 Å². The molecule has 2 aromatic heterocycles. The highest BCUT2D eigenvalue weighted by Crippen LogP contribution is 2.36. The molecule has 5 rings (SSSR count). The molecule has 0 bridgehead atoms. The minimum atomic E-state index is -4.26. The SMILES string of the molecule is CN1Cc2cc(-c3ccc(-c4ccc(NS(=O)(=O)c5ccc(F)cc5F)nc4)s3)ccc2C1=O. The highest BCUT2D eigenvalue weighted by molar-refractivity contribution is 7.92. The highest BCUT2D eigenvalue weighted by Gasteiger charge is 2.24. The van der Waals surface area contributed by atoms with Crippen LogP contribution in [0, 0.1) is 11.6 Å². The first kappa shape index (κ1) is 22.2. The van der Waals surface area contributed by atoms with Gasteiger partial charge in [0.1, 0.15) is 22.3 Å². The van der Waals surface area contributed by atoms with Crippen molar-refractivity contribution in [2.45, 2.75) is 11.4 Å². The first-order chi connectivity index (χ1) is 16.2. The molecular formula is C24H17F2N3O3S2. The fourth-order valence-electron chi connectivity index (χ4n) is 3.75. The molecule has 10 heteroatoms. The molecule has 2 aromatic carbocycles. The van der Waals surface area contributed by atoms with Crippen LogP contribution >= 0.6 is 11.3 Å². The number of aromatic nitrogens is 1. The van der Waals surface area contributed by atoms with Crippen LogP contribution in [0.1, 0.15) is 15.9 Å². The molecule has 0 saturated heterocycles. The van der Waals surface area contributed by atoms with Gasteiger partial charge in [0.05, 0.1) is 0 Å². The third-order valence-corrected chi connectivity index (χ3v) is 8.02. The van der Waals surface area contributed by atoms with E-state index in [4.69, 9.17) is 0 Å². The van der Waals surface area contributed by atoms with Gasteiger partial charge in [-0.15, -0.1) is 11.3 Å². The lowest BCUT2D eigenvalue weighted by Gasteiger charge is -2.08. The minimum absolute atomic E-state index is 0.0108. The molecule has 0 aliphatic carbocycles. The van der Waals surface area contributed by atoms with Crippen LogP contribution in [0.3, 0.4) is 0 Å². The van der Waals surface area contributed by atoms with E-state index in [9.17, 15) is 22.0 Å². The Morgan fingerprint density at radius 2 is 1.71 bits per heavy atom. The average molecular weight is 498 g/mol. The smallest absolute Gasteiger partial charge is 0.265 e. The summed E-state index contributed by atoms with van der Waals surface area (Å²) in [6.45, 7) is 0.587. The first-order valence-corrected chi connectivity index (χ1v) is 12.4. The van der Waals surface area contributed by atoms with Crippen molar-refractivity contribution in [3.05, 3.63) is 89.6 Å². The molecule has 0 fully saturated rings. The Balaban J connectivity index is 1.35. The van der Waals surface area contributed by atoms with Gasteiger partial charge in [-0.1, -0.05) is 6.07 Å². The summed E-state index contributed by atoms with van der Waals surface area (Å²) in [5.74, 6) is -2.01. The molecule has 1 N–H and O–H groups in total. The summed E-state index contributed by atoms with van der Waals surface area (Å²) in [5.41, 5.74) is 3.52. The summed E-state index contributed by atoms with van der Waals surface area (Å²) < 4.78 is 54.1. The zero-order chi connectivity index (χ0) is 24.0. The number of hydrogen-bond acceptors (Lipinski definition) is 5. The zero-order valence-electron chi connectivity index (χ0n) is 17.7. The van der Waals surface area contributed by atoms with E-state index in [1.165, 1.54) is 12.3 Å². The van der Waals surface area contributed by atoms with Crippen molar-refractivity contribution in [1.82, 2.24) is 9.88 Å². The fourth-order valence-corrected chi connectivity index (χ4v) is 5.81. The summed E-state index contributed by atoms with van der Waals surface area (Å²) in [6.07, 6.45) is 1.52. The minimum Gasteiger partial charge on any atom is -0.337 e. The maximum Gasteiger partial charge on any atom is 0.265 e. The van der Waals surface area contributed by atoms with Crippen LogP contribution in [0.25, 0.3) is 20.9 Å². The lowest BCUT2D eigenvalue weighted by Crippen LogP contribution is -2.17. The van der Waals surface area contributed by atoms with Crippen molar-refractivity contribution in [3.8, 4) is 20.9 Å². The van der Waals surface area contributed by atoms with E-state index in [1.807, 2.05) is 30.3 Å². The molecule has 1 aliphatic rings. The summed E-state index contributed by atoms with van der Waals surface area (Å²) >= 11 is 1.54. The Labute approximate surface area is 198 Å². The fraction of sp³-hybridized carbons (Fsp3) is 0.0833. The number of carbonyl (C=O) groups is 1. The van der Waals surface area contributed by atoms with Gasteiger partial charge in [-0.2, -0.15) is 0 Å². The van der Waals surface area contributed by atoms with E-state index < -0.39 is 26.6 Å². The van der Waals surface area contributed by atoms with Crippen LogP contribution in [0.15, 0.2) is 71.8 Å². The molecule has 0 atom stereocenters. The van der Waals surface area contributed by atoms with Crippen LogP contribution < -0.4 is 4.72 Å². The number of sulfonamides is 1. The molecular weight excluding hydrogens is 480 g/mol. The molecule has 34 heavy (non-hydrogen) atoms. The third kappa shape index (κ3) is 4.06. The number of rotatable bonds is 5. The molecule has 0 radical (unpaired) electrons. The Bertz CT molecular complexity index is 1530. The number of hydrogen-bond donors (Lipinski definition) is 1. The molecule has 1 amide bonds. The van der Waals surface area contributed by atoms with Gasteiger partial charge in [0.15, 0.2) is 0 Å². The van der Waals surface area contributed by atoms with E-state index in [0.717, 1.165) is 44.1 Å². The maximum absolute atomic E-state index is 13.9. The standard InChI is InChI=1S/C24H17F2N3O3S2/c1-29-13-16-10-14(2-5-18(16)24(29)30)20-6-7-21(33-20)15-3-9-23(27-12-15)28-34(31,32)22-8-4-17(25)11-19(22)26/h2-12H,13H2,1H3,(H,27,28). The number of thiophene rings is 1. The van der Waals surface area contributed by atoms with Crippen molar-refractivity contribution >= 4 is 33.1 Å². The Kier molecular flexibility index (Phi) is 5.41. The number of benzene rings is 2. The van der Waals surface area contributed by atoms with Gasteiger partial charge in [-0.3, -0.25) is 9.52 Å². The Morgan fingerprint density at radius 1 is 0.971 bits per heavy atom. The monoisotopic (exact) mass is 497 g/mol. The molecule has 1 aliphatic heterocycles. The topological polar surface area (TPSA) is 79.4 Å². The van der Waals surface area contributed by atoms with E-state index in [-0.39, 0.29) is 11.7 Å². The molecule has 172 valence electrons.